The fourth-order valence-corrected chi connectivity index (χ4v) is 3.32. The van der Waals surface area contributed by atoms with Gasteiger partial charge in [0.15, 0.2) is 0 Å². The van der Waals surface area contributed by atoms with Crippen LogP contribution in [0.3, 0.4) is 0 Å². The molecule has 2 saturated heterocycles. The molecule has 2 unspecified atom stereocenters. The number of hydrogen-bond acceptors (Lipinski definition) is 4. The monoisotopic (exact) mass is 265 g/mol. The van der Waals surface area contributed by atoms with Crippen LogP contribution in [-0.4, -0.2) is 49.3 Å². The molecular formula is C9H11BF3NO4. The van der Waals surface area contributed by atoms with Crippen molar-refractivity contribution in [2.45, 2.75) is 18.4 Å². The number of nitrogens with zero attached hydrogens (tertiary/aromatic N) is 1. The Morgan fingerprint density at radius 2 is 1.72 bits per heavy atom. The van der Waals surface area contributed by atoms with Crippen LogP contribution in [0.5, 0.6) is 0 Å². The zero-order valence-electron chi connectivity index (χ0n) is 9.57. The van der Waals surface area contributed by atoms with Gasteiger partial charge in [-0.25, -0.2) is 0 Å². The van der Waals surface area contributed by atoms with E-state index in [2.05, 4.69) is 0 Å². The van der Waals surface area contributed by atoms with Crippen molar-refractivity contribution < 1.29 is 36.5 Å². The molecule has 18 heavy (non-hydrogen) atoms. The van der Waals surface area contributed by atoms with Crippen LogP contribution in [0.15, 0.2) is 0 Å². The third-order valence-electron chi connectivity index (χ3n) is 4.25. The van der Waals surface area contributed by atoms with Crippen molar-refractivity contribution in [2.24, 2.45) is 5.92 Å². The lowest BCUT2D eigenvalue weighted by Crippen LogP contribution is -2.61. The number of carbonyl (C=O) groups excluding carboxylic acids is 2. The fraction of sp³-hybridized carbons (Fsp3) is 0.778. The van der Waals surface area contributed by atoms with Gasteiger partial charge in [-0.2, -0.15) is 13.2 Å². The van der Waals surface area contributed by atoms with Crippen molar-refractivity contribution in [3.8, 4) is 0 Å². The van der Waals surface area contributed by atoms with E-state index >= 15 is 0 Å². The van der Waals surface area contributed by atoms with Gasteiger partial charge in [0.05, 0.1) is 0 Å². The highest BCUT2D eigenvalue weighted by Crippen LogP contribution is 2.63. The van der Waals surface area contributed by atoms with Gasteiger partial charge in [0, 0.05) is 13.0 Å². The molecule has 9 heteroatoms. The lowest BCUT2D eigenvalue weighted by molar-refractivity contribution is -0.794. The van der Waals surface area contributed by atoms with Gasteiger partial charge in [0.25, 0.3) is 0 Å². The fourth-order valence-electron chi connectivity index (χ4n) is 3.32. The van der Waals surface area contributed by atoms with Crippen LogP contribution in [0.4, 0.5) is 13.2 Å². The number of hydrogen-bond donors (Lipinski definition) is 0. The molecule has 0 radical (unpaired) electrons. The van der Waals surface area contributed by atoms with Gasteiger partial charge in [-0.05, 0) is 5.82 Å². The average Bonchev–Trinajstić information content (AvgIpc) is 2.84. The maximum atomic E-state index is 12.6. The minimum absolute atomic E-state index is 0.104. The molecule has 0 aromatic rings. The molecule has 0 aromatic carbocycles. The van der Waals surface area contributed by atoms with Crippen LogP contribution in [0.25, 0.3) is 0 Å². The summed E-state index contributed by atoms with van der Waals surface area (Å²) in [5.74, 6) is -3.66. The molecule has 0 amide bonds. The van der Waals surface area contributed by atoms with E-state index in [0.717, 1.165) is 0 Å². The first kappa shape index (κ1) is 11.8. The van der Waals surface area contributed by atoms with E-state index in [1.807, 2.05) is 0 Å². The highest BCUT2D eigenvalue weighted by atomic mass is 19.4. The van der Waals surface area contributed by atoms with E-state index in [-0.39, 0.29) is 23.9 Å². The molecule has 0 aromatic heterocycles. The van der Waals surface area contributed by atoms with E-state index < -0.39 is 36.5 Å². The summed E-state index contributed by atoms with van der Waals surface area (Å²) in [6, 6.07) is 0. The number of carbonyl (C=O) groups is 2. The average molecular weight is 265 g/mol. The van der Waals surface area contributed by atoms with Crippen molar-refractivity contribution in [1.82, 2.24) is 0 Å². The summed E-state index contributed by atoms with van der Waals surface area (Å²) in [7, 11) is 1.54. The molecule has 0 bridgehead atoms. The first-order valence-corrected chi connectivity index (χ1v) is 5.67. The first-order valence-electron chi connectivity index (χ1n) is 5.67. The van der Waals surface area contributed by atoms with Crippen LogP contribution in [0.2, 0.25) is 5.82 Å². The Labute approximate surface area is 100 Å². The molecule has 1 aliphatic carbocycles. The van der Waals surface area contributed by atoms with Gasteiger partial charge in [-0.15, -0.1) is 0 Å². The molecule has 3 fully saturated rings. The van der Waals surface area contributed by atoms with Crippen LogP contribution in [-0.2, 0) is 18.9 Å². The molecule has 0 N–H and O–H groups in total. The molecule has 2 atom stereocenters. The van der Waals surface area contributed by atoms with Crippen LogP contribution in [0.1, 0.15) is 6.42 Å². The molecule has 3 rings (SSSR count). The molecule has 0 spiro atoms. The highest BCUT2D eigenvalue weighted by Gasteiger charge is 2.77. The number of rotatable bonds is 1. The molecular weight excluding hydrogens is 254 g/mol. The maximum absolute atomic E-state index is 12.6. The largest absolute Gasteiger partial charge is 0.600 e. The zero-order chi connectivity index (χ0) is 13.3. The predicted molar refractivity (Wildman–Crippen MR) is 51.8 cm³/mol. The third kappa shape index (κ3) is 1.33. The van der Waals surface area contributed by atoms with Gasteiger partial charge in [0.2, 0.25) is 0 Å². The second kappa shape index (κ2) is 3.01. The first-order chi connectivity index (χ1) is 8.18. The Hall–Kier alpha value is -1.25. The predicted octanol–water partition coefficient (Wildman–Crippen LogP) is 0.438. The van der Waals surface area contributed by atoms with Gasteiger partial charge in [0.1, 0.15) is 13.1 Å². The second-order valence-electron chi connectivity index (χ2n) is 5.55. The Morgan fingerprint density at radius 3 is 2.11 bits per heavy atom. The number of quaternary nitrogens is 1. The van der Waals surface area contributed by atoms with Crippen molar-refractivity contribution in [3.63, 3.8) is 0 Å². The normalized spacial score (nSPS) is 46.7. The van der Waals surface area contributed by atoms with Crippen LogP contribution in [0, 0.1) is 5.92 Å². The van der Waals surface area contributed by atoms with Gasteiger partial charge in [-0.3, -0.25) is 9.59 Å². The minimum Gasteiger partial charge on any atom is -0.600 e. The molecule has 2 heterocycles. The highest BCUT2D eigenvalue weighted by molar-refractivity contribution is 6.68. The quantitative estimate of drug-likeness (QED) is 0.645. The SMILES string of the molecule is C[N+]12CC(=O)O[B-]1(C1CC1C(F)(F)F)OC(=O)C2. The lowest BCUT2D eigenvalue weighted by atomic mass is 9.61. The summed E-state index contributed by atoms with van der Waals surface area (Å²) in [5.41, 5.74) is 0. The number of likely N-dealkylation sites (N-methyl/N-ethyl adjacent to an activating group) is 1. The lowest BCUT2D eigenvalue weighted by Gasteiger charge is -2.40. The summed E-state index contributed by atoms with van der Waals surface area (Å²) in [6.45, 7) is -2.74. The van der Waals surface area contributed by atoms with E-state index in [1.54, 1.807) is 7.05 Å². The molecule has 1 saturated carbocycles. The third-order valence-corrected chi connectivity index (χ3v) is 4.25. The molecule has 3 aliphatic rings. The molecule has 5 nitrogen and oxygen atoms in total. The second-order valence-corrected chi connectivity index (χ2v) is 5.55. The van der Waals surface area contributed by atoms with Gasteiger partial charge >= 0.3 is 24.8 Å². The Kier molecular flexibility index (Phi) is 1.98. The summed E-state index contributed by atoms with van der Waals surface area (Å²) >= 11 is 0. The summed E-state index contributed by atoms with van der Waals surface area (Å²) in [5, 5.41) is 0. The smallest absolute Gasteiger partial charge is 0.587 e. The van der Waals surface area contributed by atoms with Crippen molar-refractivity contribution in [3.05, 3.63) is 0 Å². The van der Waals surface area contributed by atoms with Gasteiger partial charge < -0.3 is 13.7 Å². The molecule has 100 valence electrons. The number of halogens is 3. The zero-order valence-corrected chi connectivity index (χ0v) is 9.57. The standard InChI is InChI=1S/C9H11BF3NO4/c1-14-3-7(15)17-10(14,18-8(16)4-14)6-2-5(6)9(11,12)13/h5-6H,2-4H2,1H3. The summed E-state index contributed by atoms with van der Waals surface area (Å²) in [6.07, 6.45) is -4.48. The van der Waals surface area contributed by atoms with E-state index in [4.69, 9.17) is 9.31 Å². The topological polar surface area (TPSA) is 52.6 Å². The number of alkyl halides is 3. The Balaban J connectivity index is 1.94. The summed E-state index contributed by atoms with van der Waals surface area (Å²) in [4.78, 5) is 22.7. The van der Waals surface area contributed by atoms with Crippen LogP contribution >= 0.6 is 0 Å². The Morgan fingerprint density at radius 1 is 1.22 bits per heavy atom. The van der Waals surface area contributed by atoms with Crippen molar-refractivity contribution in [2.75, 3.05) is 20.1 Å². The van der Waals surface area contributed by atoms with Crippen molar-refractivity contribution >= 4 is 18.6 Å². The summed E-state index contributed by atoms with van der Waals surface area (Å²) < 4.78 is 47.8. The van der Waals surface area contributed by atoms with Crippen LogP contribution < -0.4 is 0 Å². The van der Waals surface area contributed by atoms with E-state index in [9.17, 15) is 22.8 Å². The van der Waals surface area contributed by atoms with Crippen molar-refractivity contribution in [1.29, 1.82) is 0 Å². The Bertz CT molecular complexity index is 432. The minimum atomic E-state index is -4.34. The van der Waals surface area contributed by atoms with E-state index in [1.165, 1.54) is 0 Å². The maximum Gasteiger partial charge on any atom is 0.587 e. The van der Waals surface area contributed by atoms with Gasteiger partial charge in [-0.1, -0.05) is 6.42 Å². The van der Waals surface area contributed by atoms with E-state index in [0.29, 0.717) is 0 Å². The number of fused-ring (bicyclic) bond motifs is 1. The molecule has 2 aliphatic heterocycles.